The van der Waals surface area contributed by atoms with Crippen LogP contribution in [0.25, 0.3) is 4.96 Å². The molecule has 9 nitrogen and oxygen atoms in total. The number of carbonyl (C=O) groups excluding carboxylic acids is 2. The predicted octanol–water partition coefficient (Wildman–Crippen LogP) is 1.61. The molecular formula is C23H25N5O4S. The number of thiazole rings is 1. The van der Waals surface area contributed by atoms with E-state index in [1.54, 1.807) is 32.5 Å². The van der Waals surface area contributed by atoms with Crippen LogP contribution in [0.15, 0.2) is 46.7 Å². The van der Waals surface area contributed by atoms with E-state index in [0.29, 0.717) is 49.9 Å². The maximum atomic E-state index is 12.7. The number of nitrogens with zero attached hydrogens (tertiary/aromatic N) is 5. The zero-order valence-electron chi connectivity index (χ0n) is 18.2. The van der Waals surface area contributed by atoms with Crippen LogP contribution >= 0.6 is 11.3 Å². The van der Waals surface area contributed by atoms with Gasteiger partial charge in [-0.1, -0.05) is 6.07 Å². The van der Waals surface area contributed by atoms with Gasteiger partial charge in [0.25, 0.3) is 11.5 Å². The van der Waals surface area contributed by atoms with E-state index in [4.69, 9.17) is 4.74 Å². The fraction of sp³-hybridized carbons (Fsp3) is 0.391. The smallest absolute Gasteiger partial charge is 0.260 e. The Kier molecular flexibility index (Phi) is 6.10. The molecule has 0 aliphatic carbocycles. The van der Waals surface area contributed by atoms with E-state index in [2.05, 4.69) is 9.88 Å². The maximum Gasteiger partial charge on any atom is 0.260 e. The van der Waals surface area contributed by atoms with E-state index in [1.165, 1.54) is 11.3 Å². The average Bonchev–Trinajstić information content (AvgIpc) is 3.47. The molecule has 0 N–H and O–H groups in total. The minimum absolute atomic E-state index is 0.0369. The van der Waals surface area contributed by atoms with Crippen LogP contribution in [0.5, 0.6) is 5.75 Å². The Bertz CT molecular complexity index is 1230. The number of aromatic nitrogens is 2. The van der Waals surface area contributed by atoms with Gasteiger partial charge in [-0.15, -0.1) is 11.3 Å². The van der Waals surface area contributed by atoms with Crippen molar-refractivity contribution in [3.63, 3.8) is 0 Å². The van der Waals surface area contributed by atoms with Crippen molar-refractivity contribution in [2.75, 3.05) is 44.2 Å². The fourth-order valence-corrected chi connectivity index (χ4v) is 4.99. The standard InChI is InChI=1S/C23H25N5O4S/c29-20-5-2-6-27(20)18-3-1-4-19(14-18)32-16-22(31)26-9-7-25(8-10-26)15-17-13-21(30)28-11-12-33-23(28)24-17/h1,3-4,11-14H,2,5-10,15-16H2. The first-order valence-corrected chi connectivity index (χ1v) is 11.9. The monoisotopic (exact) mass is 467 g/mol. The van der Waals surface area contributed by atoms with Crippen LogP contribution in [0.4, 0.5) is 5.69 Å². The second-order valence-electron chi connectivity index (χ2n) is 8.23. The van der Waals surface area contributed by atoms with Gasteiger partial charge in [0.2, 0.25) is 5.91 Å². The molecule has 0 unspecified atom stereocenters. The highest BCUT2D eigenvalue weighted by molar-refractivity contribution is 7.15. The molecule has 2 aromatic heterocycles. The molecule has 172 valence electrons. The molecule has 2 aliphatic heterocycles. The zero-order chi connectivity index (χ0) is 22.8. The lowest BCUT2D eigenvalue weighted by Gasteiger charge is -2.34. The molecule has 0 bridgehead atoms. The summed E-state index contributed by atoms with van der Waals surface area (Å²) < 4.78 is 7.28. The zero-order valence-corrected chi connectivity index (χ0v) is 19.0. The van der Waals surface area contributed by atoms with Crippen molar-refractivity contribution in [1.29, 1.82) is 0 Å². The minimum Gasteiger partial charge on any atom is -0.484 e. The van der Waals surface area contributed by atoms with E-state index in [9.17, 15) is 14.4 Å². The number of rotatable bonds is 6. The Hall–Kier alpha value is -3.24. The van der Waals surface area contributed by atoms with Crippen LogP contribution in [0.1, 0.15) is 18.5 Å². The summed E-state index contributed by atoms with van der Waals surface area (Å²) in [6.45, 7) is 3.90. The van der Waals surface area contributed by atoms with Gasteiger partial charge in [0.05, 0.1) is 5.69 Å². The van der Waals surface area contributed by atoms with Crippen molar-refractivity contribution < 1.29 is 14.3 Å². The van der Waals surface area contributed by atoms with E-state index in [1.807, 2.05) is 23.6 Å². The van der Waals surface area contributed by atoms with Gasteiger partial charge >= 0.3 is 0 Å². The fourth-order valence-electron chi connectivity index (χ4n) is 4.25. The Labute approximate surface area is 194 Å². The van der Waals surface area contributed by atoms with Crippen molar-refractivity contribution in [2.24, 2.45) is 0 Å². The summed E-state index contributed by atoms with van der Waals surface area (Å²) in [5, 5.41) is 1.85. The highest BCUT2D eigenvalue weighted by Gasteiger charge is 2.23. The summed E-state index contributed by atoms with van der Waals surface area (Å²) in [6.07, 6.45) is 3.17. The van der Waals surface area contributed by atoms with E-state index in [0.717, 1.165) is 24.3 Å². The van der Waals surface area contributed by atoms with Crippen LogP contribution in [0, 0.1) is 0 Å². The van der Waals surface area contributed by atoms with Gasteiger partial charge in [-0.25, -0.2) is 4.98 Å². The molecule has 4 heterocycles. The molecule has 2 amide bonds. The number of ether oxygens (including phenoxy) is 1. The third-order valence-electron chi connectivity index (χ3n) is 6.03. The number of carbonyl (C=O) groups is 2. The lowest BCUT2D eigenvalue weighted by molar-refractivity contribution is -0.135. The lowest BCUT2D eigenvalue weighted by Crippen LogP contribution is -2.49. The quantitative estimate of drug-likeness (QED) is 0.547. The summed E-state index contributed by atoms with van der Waals surface area (Å²) in [5.74, 6) is 0.644. The van der Waals surface area contributed by atoms with Gasteiger partial charge in [-0.05, 0) is 18.6 Å². The van der Waals surface area contributed by atoms with Gasteiger partial charge < -0.3 is 14.5 Å². The molecule has 0 atom stereocenters. The summed E-state index contributed by atoms with van der Waals surface area (Å²) in [7, 11) is 0. The highest BCUT2D eigenvalue weighted by atomic mass is 32.1. The molecule has 33 heavy (non-hydrogen) atoms. The Balaban J connectivity index is 1.12. The number of fused-ring (bicyclic) bond motifs is 1. The maximum absolute atomic E-state index is 12.7. The van der Waals surface area contributed by atoms with Gasteiger partial charge in [-0.3, -0.25) is 23.7 Å². The molecule has 5 rings (SSSR count). The number of hydrogen-bond donors (Lipinski definition) is 0. The second kappa shape index (κ2) is 9.32. The van der Waals surface area contributed by atoms with Gasteiger partial charge in [0, 0.05) is 75.1 Å². The largest absolute Gasteiger partial charge is 0.484 e. The predicted molar refractivity (Wildman–Crippen MR) is 125 cm³/mol. The lowest BCUT2D eigenvalue weighted by atomic mass is 10.2. The number of piperazine rings is 1. The number of benzene rings is 1. The summed E-state index contributed by atoms with van der Waals surface area (Å²) >= 11 is 1.44. The first-order valence-electron chi connectivity index (χ1n) is 11.1. The molecule has 1 aromatic carbocycles. The molecule has 0 spiro atoms. The van der Waals surface area contributed by atoms with Crippen molar-refractivity contribution >= 4 is 33.8 Å². The molecule has 3 aromatic rings. The second-order valence-corrected chi connectivity index (χ2v) is 9.11. The van der Waals surface area contributed by atoms with E-state index >= 15 is 0 Å². The molecule has 2 fully saturated rings. The van der Waals surface area contributed by atoms with Crippen LogP contribution in [-0.2, 0) is 16.1 Å². The summed E-state index contributed by atoms with van der Waals surface area (Å²) in [4.78, 5) is 47.8. The van der Waals surface area contributed by atoms with Crippen LogP contribution in [0.3, 0.4) is 0 Å². The van der Waals surface area contributed by atoms with Gasteiger partial charge in [0.15, 0.2) is 11.6 Å². The number of anilines is 1. The number of hydrogen-bond acceptors (Lipinski definition) is 7. The van der Waals surface area contributed by atoms with Crippen LogP contribution in [0.2, 0.25) is 0 Å². The van der Waals surface area contributed by atoms with Crippen LogP contribution < -0.4 is 15.2 Å². The first-order chi connectivity index (χ1) is 16.1. The minimum atomic E-state index is -0.0691. The number of amides is 2. The SMILES string of the molecule is O=C(COc1cccc(N2CCCC2=O)c1)N1CCN(Cc2cc(=O)n3ccsc3n2)CC1. The molecule has 2 saturated heterocycles. The third-order valence-corrected chi connectivity index (χ3v) is 6.79. The topological polar surface area (TPSA) is 87.5 Å². The van der Waals surface area contributed by atoms with Crippen molar-refractivity contribution in [1.82, 2.24) is 19.2 Å². The first kappa shape index (κ1) is 21.6. The van der Waals surface area contributed by atoms with Crippen molar-refractivity contribution in [3.8, 4) is 5.75 Å². The summed E-state index contributed by atoms with van der Waals surface area (Å²) in [5.41, 5.74) is 1.49. The highest BCUT2D eigenvalue weighted by Crippen LogP contribution is 2.25. The van der Waals surface area contributed by atoms with Crippen LogP contribution in [-0.4, -0.2) is 70.3 Å². The average molecular weight is 468 g/mol. The van der Waals surface area contributed by atoms with Gasteiger partial charge in [0.1, 0.15) is 5.75 Å². The van der Waals surface area contributed by atoms with Gasteiger partial charge in [-0.2, -0.15) is 0 Å². The third kappa shape index (κ3) is 4.76. The van der Waals surface area contributed by atoms with Crippen molar-refractivity contribution in [2.45, 2.75) is 19.4 Å². The molecule has 0 radical (unpaired) electrons. The summed E-state index contributed by atoms with van der Waals surface area (Å²) in [6, 6.07) is 8.92. The Morgan fingerprint density at radius 3 is 2.73 bits per heavy atom. The van der Waals surface area contributed by atoms with E-state index < -0.39 is 0 Å². The molecule has 10 heteroatoms. The molecule has 2 aliphatic rings. The van der Waals surface area contributed by atoms with E-state index in [-0.39, 0.29) is 24.0 Å². The Morgan fingerprint density at radius 1 is 1.09 bits per heavy atom. The Morgan fingerprint density at radius 2 is 1.94 bits per heavy atom. The molecular weight excluding hydrogens is 442 g/mol. The molecule has 0 saturated carbocycles. The van der Waals surface area contributed by atoms with Crippen molar-refractivity contribution in [3.05, 3.63) is 58.0 Å². The normalized spacial score (nSPS) is 17.2.